The highest BCUT2D eigenvalue weighted by Gasteiger charge is 2.61. The highest BCUT2D eigenvalue weighted by atomic mass is 16.6. The Morgan fingerprint density at radius 2 is 1.97 bits per heavy atom. The zero-order chi connectivity index (χ0) is 27.1. The van der Waals surface area contributed by atoms with Crippen molar-refractivity contribution in [2.45, 2.75) is 81.8 Å². The lowest BCUT2D eigenvalue weighted by atomic mass is 9.78. The van der Waals surface area contributed by atoms with E-state index in [1.165, 1.54) is 13.9 Å². The molecule has 1 aromatic heterocycles. The van der Waals surface area contributed by atoms with Crippen molar-refractivity contribution in [2.75, 3.05) is 26.4 Å². The third-order valence-electron chi connectivity index (χ3n) is 8.28. The van der Waals surface area contributed by atoms with Crippen LogP contribution in [0.15, 0.2) is 45.1 Å². The average Bonchev–Trinajstić information content (AvgIpc) is 3.51. The Labute approximate surface area is 225 Å². The van der Waals surface area contributed by atoms with Crippen LogP contribution >= 0.6 is 0 Å². The van der Waals surface area contributed by atoms with Crippen molar-refractivity contribution in [1.82, 2.24) is 13.9 Å². The molecule has 4 heterocycles. The summed E-state index contributed by atoms with van der Waals surface area (Å²) < 4.78 is 20.9. The lowest BCUT2D eigenvalue weighted by molar-refractivity contribution is -0.0437. The monoisotopic (exact) mass is 544 g/mol. The van der Waals surface area contributed by atoms with Crippen molar-refractivity contribution >= 4 is 5.71 Å². The molecule has 4 aliphatic rings. The Hall–Kier alpha value is -2.77. The predicted octanol–water partition coefficient (Wildman–Crippen LogP) is 0.443. The summed E-state index contributed by atoms with van der Waals surface area (Å²) in [5.41, 5.74) is 0.628. The van der Waals surface area contributed by atoms with Gasteiger partial charge in [0.15, 0.2) is 0 Å². The molecule has 1 aliphatic carbocycles. The fourth-order valence-electron chi connectivity index (χ4n) is 6.32. The average molecular weight is 545 g/mol. The molecule has 0 spiro atoms. The Bertz CT molecular complexity index is 1300. The lowest BCUT2D eigenvalue weighted by Gasteiger charge is -2.38. The zero-order valence-electron chi connectivity index (χ0n) is 22.0. The smallest absolute Gasteiger partial charge is 0.348 e. The molecule has 1 unspecified atom stereocenters. The Morgan fingerprint density at radius 1 is 1.15 bits per heavy atom. The second-order valence-electron chi connectivity index (χ2n) is 10.8. The van der Waals surface area contributed by atoms with Crippen molar-refractivity contribution in [1.29, 1.82) is 0 Å². The van der Waals surface area contributed by atoms with Crippen LogP contribution in [0.5, 0.6) is 0 Å². The number of aliphatic hydroxyl groups is 2. The molecule has 6 rings (SSSR count). The van der Waals surface area contributed by atoms with Crippen molar-refractivity contribution in [3.63, 3.8) is 0 Å². The number of aliphatic hydroxyl groups excluding tert-OH is 2. The van der Waals surface area contributed by atoms with Gasteiger partial charge in [-0.1, -0.05) is 42.4 Å². The third kappa shape index (κ3) is 4.89. The molecule has 3 aliphatic heterocycles. The maximum absolute atomic E-state index is 13.8. The number of hydrogen-bond acceptors (Lipinski definition) is 9. The van der Waals surface area contributed by atoms with Gasteiger partial charge in [0.05, 0.1) is 37.1 Å². The molecule has 2 saturated heterocycles. The normalized spacial score (nSPS) is 31.8. The summed E-state index contributed by atoms with van der Waals surface area (Å²) in [4.78, 5) is 32.7. The van der Waals surface area contributed by atoms with Crippen LogP contribution in [-0.4, -0.2) is 86.8 Å². The summed E-state index contributed by atoms with van der Waals surface area (Å²) >= 11 is 0. The second kappa shape index (κ2) is 11.0. The number of nitrogens with zero attached hydrogens (tertiary/aromatic N) is 4. The largest absolute Gasteiger partial charge is 0.393 e. The molecule has 1 aromatic carbocycles. The van der Waals surface area contributed by atoms with E-state index in [9.17, 15) is 19.8 Å². The van der Waals surface area contributed by atoms with E-state index in [4.69, 9.17) is 19.0 Å². The summed E-state index contributed by atoms with van der Waals surface area (Å²) in [6, 6.07) is 8.36. The van der Waals surface area contributed by atoms with E-state index in [0.29, 0.717) is 31.7 Å². The molecule has 0 bridgehead atoms. The first-order valence-corrected chi connectivity index (χ1v) is 13.9. The Morgan fingerprint density at radius 3 is 2.72 bits per heavy atom. The number of benzene rings is 1. The minimum absolute atomic E-state index is 0.0668. The highest BCUT2D eigenvalue weighted by Crippen LogP contribution is 2.46. The molecule has 2 N–H and O–H groups in total. The van der Waals surface area contributed by atoms with E-state index in [2.05, 4.69) is 5.16 Å². The zero-order valence-corrected chi connectivity index (χ0v) is 22.0. The number of aromatic nitrogens is 3. The van der Waals surface area contributed by atoms with Crippen LogP contribution < -0.4 is 11.4 Å². The van der Waals surface area contributed by atoms with E-state index >= 15 is 0 Å². The van der Waals surface area contributed by atoms with Gasteiger partial charge in [0, 0.05) is 19.1 Å². The first-order chi connectivity index (χ1) is 19.0. The summed E-state index contributed by atoms with van der Waals surface area (Å²) in [6.07, 6.45) is 0.360. The predicted molar refractivity (Wildman–Crippen MR) is 139 cm³/mol. The first-order valence-electron chi connectivity index (χ1n) is 13.9. The highest BCUT2D eigenvalue weighted by molar-refractivity contribution is 5.94. The van der Waals surface area contributed by atoms with E-state index in [1.54, 1.807) is 0 Å². The summed E-state index contributed by atoms with van der Waals surface area (Å²) in [6.45, 7) is 3.46. The number of epoxide rings is 1. The molecule has 12 nitrogen and oxygen atoms in total. The number of hydrogen-bond donors (Lipinski definition) is 2. The van der Waals surface area contributed by atoms with Gasteiger partial charge in [0.2, 0.25) is 0 Å². The topological polar surface area (TPSA) is 142 Å². The van der Waals surface area contributed by atoms with Crippen molar-refractivity contribution in [3.8, 4) is 0 Å². The van der Waals surface area contributed by atoms with Gasteiger partial charge in [0.25, 0.3) is 0 Å². The third-order valence-corrected chi connectivity index (χ3v) is 8.28. The van der Waals surface area contributed by atoms with Gasteiger partial charge in [0.1, 0.15) is 31.0 Å². The minimum Gasteiger partial charge on any atom is -0.393 e. The molecule has 2 aromatic rings. The van der Waals surface area contributed by atoms with E-state index in [1.807, 2.05) is 37.3 Å². The van der Waals surface area contributed by atoms with Gasteiger partial charge in [-0.05, 0) is 31.2 Å². The molecular formula is C27H36N4O8. The Balaban J connectivity index is 1.20. The van der Waals surface area contributed by atoms with Gasteiger partial charge >= 0.3 is 11.4 Å². The molecule has 39 heavy (non-hydrogen) atoms. The molecule has 0 amide bonds. The minimum atomic E-state index is -0.966. The van der Waals surface area contributed by atoms with Crippen LogP contribution in [0.3, 0.4) is 0 Å². The maximum atomic E-state index is 13.8. The van der Waals surface area contributed by atoms with Crippen LogP contribution in [0.25, 0.3) is 0 Å². The van der Waals surface area contributed by atoms with Crippen LogP contribution in [0.2, 0.25) is 0 Å². The molecule has 0 radical (unpaired) electrons. The lowest BCUT2D eigenvalue weighted by Crippen LogP contribution is -2.53. The van der Waals surface area contributed by atoms with E-state index in [0.717, 1.165) is 25.0 Å². The molecule has 1 saturated carbocycles. The number of rotatable bonds is 10. The van der Waals surface area contributed by atoms with Crippen LogP contribution in [0.4, 0.5) is 0 Å². The molecular weight excluding hydrogens is 508 g/mol. The van der Waals surface area contributed by atoms with Crippen LogP contribution in [0.1, 0.15) is 50.3 Å². The summed E-state index contributed by atoms with van der Waals surface area (Å²) in [7, 11) is 0. The second-order valence-corrected chi connectivity index (χ2v) is 10.8. The number of fused-ring (bicyclic) bond motifs is 4. The number of oxime groups is 1. The Kier molecular flexibility index (Phi) is 7.47. The van der Waals surface area contributed by atoms with Crippen molar-refractivity contribution in [2.24, 2.45) is 11.1 Å². The molecule has 8 atom stereocenters. The molecule has 12 heteroatoms. The van der Waals surface area contributed by atoms with Crippen LogP contribution in [-0.2, 0) is 25.6 Å². The van der Waals surface area contributed by atoms with Gasteiger partial charge in [-0.2, -0.15) is 0 Å². The standard InChI is InChI=1S/C27H36N4O8/c1-2-20(16-7-4-3-5-8-16)30-26(34)29-11-10-19-21(24-25(39-24)23(33)22(19)31(29)27(30)35)28-38-14-17(32)13-36-15-18-9-6-12-37-18/h3-5,7-8,17-20,22-25,32-33H,2,6,9-15H2,1H3/b28-21-/t17-,18?,19+,20-,22+,23-,24+,25-/m0/s1. The van der Waals surface area contributed by atoms with Gasteiger partial charge in [-0.25, -0.2) is 23.5 Å². The van der Waals surface area contributed by atoms with Crippen molar-refractivity contribution < 1.29 is 29.3 Å². The van der Waals surface area contributed by atoms with E-state index in [-0.39, 0.29) is 30.9 Å². The fourth-order valence-corrected chi connectivity index (χ4v) is 6.32. The van der Waals surface area contributed by atoms with Crippen molar-refractivity contribution in [3.05, 3.63) is 56.9 Å². The SMILES string of the molecule is CC[C@@H](c1ccccc1)n1c(=O)n2n(c1=O)[C@H]1[C@H](O)[C@@H]3O[C@@H]3/C(=N\OC[C@@H](O)COCC3CCCO3)[C@H]1CC2. The van der Waals surface area contributed by atoms with E-state index < -0.39 is 42.2 Å². The fraction of sp³-hybridized carbons (Fsp3) is 0.667. The summed E-state index contributed by atoms with van der Waals surface area (Å²) in [5.74, 6) is -0.346. The first kappa shape index (κ1) is 26.5. The maximum Gasteiger partial charge on any atom is 0.348 e. The molecule has 212 valence electrons. The van der Waals surface area contributed by atoms with Crippen LogP contribution in [0, 0.1) is 5.92 Å². The van der Waals surface area contributed by atoms with Gasteiger partial charge < -0.3 is 29.3 Å². The quantitative estimate of drug-likeness (QED) is 0.324. The molecule has 3 fully saturated rings. The van der Waals surface area contributed by atoms with Gasteiger partial charge in [-0.15, -0.1) is 0 Å². The van der Waals surface area contributed by atoms with Gasteiger partial charge in [-0.3, -0.25) is 0 Å². The number of ether oxygens (including phenoxy) is 3. The summed E-state index contributed by atoms with van der Waals surface area (Å²) in [5, 5.41) is 25.7.